The number of phenols is 1. The highest BCUT2D eigenvalue weighted by atomic mass is 16.7. The molecule has 0 atom stereocenters. The van der Waals surface area contributed by atoms with Gasteiger partial charge < -0.3 is 23.9 Å². The summed E-state index contributed by atoms with van der Waals surface area (Å²) in [5.41, 5.74) is 2.84. The zero-order chi connectivity index (χ0) is 27.1. The minimum absolute atomic E-state index is 0.00335. The highest BCUT2D eigenvalue weighted by molar-refractivity contribution is 6.02. The van der Waals surface area contributed by atoms with Crippen LogP contribution in [0.4, 0.5) is 0 Å². The number of benzene rings is 3. The zero-order valence-corrected chi connectivity index (χ0v) is 20.8. The fraction of sp³-hybridized carbons (Fsp3) is 0.241. The van der Waals surface area contributed by atoms with Crippen molar-refractivity contribution in [3.63, 3.8) is 0 Å². The average Bonchev–Trinajstić information content (AvgIpc) is 2.90. The number of hydroxylamine groups is 2. The lowest BCUT2D eigenvalue weighted by Crippen LogP contribution is -2.29. The van der Waals surface area contributed by atoms with Gasteiger partial charge in [-0.3, -0.25) is 9.59 Å². The maximum Gasteiger partial charge on any atom is 0.332 e. The van der Waals surface area contributed by atoms with Crippen molar-refractivity contribution >= 4 is 29.1 Å². The SMILES string of the molecule is CN(OC(=O)CCCCOc1ccc(-c2c3ccc(=O)cc-3oc3cc(O)ccc23)cc1)C(=O)CCC=O. The van der Waals surface area contributed by atoms with Crippen LogP contribution in [0.3, 0.4) is 0 Å². The minimum Gasteiger partial charge on any atom is -0.508 e. The van der Waals surface area contributed by atoms with Gasteiger partial charge in [0, 0.05) is 55.0 Å². The van der Waals surface area contributed by atoms with E-state index in [1.54, 1.807) is 18.2 Å². The van der Waals surface area contributed by atoms with Crippen LogP contribution in [0, 0.1) is 0 Å². The van der Waals surface area contributed by atoms with Crippen LogP contribution in [0.25, 0.3) is 33.4 Å². The molecule has 0 aromatic heterocycles. The monoisotopic (exact) mass is 517 g/mol. The average molecular weight is 518 g/mol. The molecule has 9 nitrogen and oxygen atoms in total. The van der Waals surface area contributed by atoms with Crippen LogP contribution in [0.2, 0.25) is 0 Å². The summed E-state index contributed by atoms with van der Waals surface area (Å²) >= 11 is 0. The maximum absolute atomic E-state index is 11.9. The minimum atomic E-state index is -0.525. The third-order valence-electron chi connectivity index (χ3n) is 5.93. The van der Waals surface area contributed by atoms with Gasteiger partial charge in [0.25, 0.3) is 5.91 Å². The molecule has 1 amide bonds. The first-order valence-electron chi connectivity index (χ1n) is 12.2. The predicted molar refractivity (Wildman–Crippen MR) is 140 cm³/mol. The van der Waals surface area contributed by atoms with Crippen LogP contribution in [0.5, 0.6) is 11.5 Å². The van der Waals surface area contributed by atoms with E-state index < -0.39 is 11.9 Å². The number of rotatable bonds is 10. The molecule has 0 spiro atoms. The third-order valence-corrected chi connectivity index (χ3v) is 5.93. The Labute approximate surface area is 218 Å². The Balaban J connectivity index is 1.36. The van der Waals surface area contributed by atoms with Gasteiger partial charge in [-0.1, -0.05) is 12.1 Å². The molecule has 0 fully saturated rings. The van der Waals surface area contributed by atoms with Gasteiger partial charge in [-0.25, -0.2) is 4.79 Å². The van der Waals surface area contributed by atoms with Crippen LogP contribution in [-0.4, -0.2) is 42.0 Å². The molecule has 1 aliphatic carbocycles. The van der Waals surface area contributed by atoms with Crippen LogP contribution >= 0.6 is 0 Å². The van der Waals surface area contributed by atoms with Crippen molar-refractivity contribution in [1.29, 1.82) is 0 Å². The fourth-order valence-electron chi connectivity index (χ4n) is 4.04. The van der Waals surface area contributed by atoms with Crippen LogP contribution < -0.4 is 10.2 Å². The summed E-state index contributed by atoms with van der Waals surface area (Å²) in [4.78, 5) is 50.8. The van der Waals surface area contributed by atoms with Gasteiger partial charge in [-0.15, -0.1) is 0 Å². The Morgan fingerprint density at radius 1 is 1.00 bits per heavy atom. The second kappa shape index (κ2) is 12.1. The molecular weight excluding hydrogens is 490 g/mol. The van der Waals surface area contributed by atoms with Crippen molar-refractivity contribution in [2.75, 3.05) is 13.7 Å². The Hall–Kier alpha value is -4.66. The Bertz CT molecular complexity index is 1470. The normalized spacial score (nSPS) is 10.9. The zero-order valence-electron chi connectivity index (χ0n) is 20.8. The number of carbonyl (C=O) groups excluding carboxylic acids is 3. The molecule has 1 aliphatic heterocycles. The van der Waals surface area contributed by atoms with E-state index in [1.165, 1.54) is 25.2 Å². The summed E-state index contributed by atoms with van der Waals surface area (Å²) in [5, 5.41) is 11.6. The van der Waals surface area contributed by atoms with Gasteiger partial charge in [-0.2, -0.15) is 5.06 Å². The smallest absolute Gasteiger partial charge is 0.332 e. The lowest BCUT2D eigenvalue weighted by molar-refractivity contribution is -0.192. The fourth-order valence-corrected chi connectivity index (χ4v) is 4.04. The quantitative estimate of drug-likeness (QED) is 0.139. The summed E-state index contributed by atoms with van der Waals surface area (Å²) in [5.74, 6) is 0.197. The van der Waals surface area contributed by atoms with Crippen molar-refractivity contribution in [2.24, 2.45) is 0 Å². The molecule has 0 saturated heterocycles. The number of unbranched alkanes of at least 4 members (excludes halogenated alkanes) is 1. The second-order valence-corrected chi connectivity index (χ2v) is 8.71. The largest absolute Gasteiger partial charge is 0.508 e. The van der Waals surface area contributed by atoms with Crippen molar-refractivity contribution in [1.82, 2.24) is 5.06 Å². The topological polar surface area (TPSA) is 123 Å². The molecule has 9 heteroatoms. The second-order valence-electron chi connectivity index (χ2n) is 8.71. The molecule has 4 rings (SSSR count). The van der Waals surface area contributed by atoms with Gasteiger partial charge in [-0.05, 0) is 54.8 Å². The van der Waals surface area contributed by atoms with Crippen LogP contribution in [-0.2, 0) is 19.2 Å². The van der Waals surface area contributed by atoms with Crippen molar-refractivity contribution in [2.45, 2.75) is 32.1 Å². The molecular formula is C29H27NO8. The van der Waals surface area contributed by atoms with Crippen molar-refractivity contribution < 1.29 is 33.5 Å². The van der Waals surface area contributed by atoms with Crippen molar-refractivity contribution in [3.05, 3.63) is 70.9 Å². The lowest BCUT2D eigenvalue weighted by atomic mass is 9.93. The summed E-state index contributed by atoms with van der Waals surface area (Å²) < 4.78 is 11.7. The Kier molecular flexibility index (Phi) is 8.37. The van der Waals surface area contributed by atoms with Gasteiger partial charge in [0.05, 0.1) is 6.61 Å². The number of hydrogen-bond donors (Lipinski definition) is 1. The van der Waals surface area contributed by atoms with E-state index in [9.17, 15) is 24.3 Å². The summed E-state index contributed by atoms with van der Waals surface area (Å²) in [6, 6.07) is 17.1. The van der Waals surface area contributed by atoms with Gasteiger partial charge in [0.15, 0.2) is 5.43 Å². The van der Waals surface area contributed by atoms with E-state index in [-0.39, 0.29) is 30.4 Å². The number of phenolic OH excluding ortho intramolecular Hbond substituents is 1. The van der Waals surface area contributed by atoms with E-state index in [1.807, 2.05) is 24.3 Å². The maximum atomic E-state index is 11.9. The number of aromatic hydroxyl groups is 1. The number of ether oxygens (including phenoxy) is 1. The number of amides is 1. The molecule has 2 aliphatic rings. The molecule has 38 heavy (non-hydrogen) atoms. The van der Waals surface area contributed by atoms with E-state index in [0.29, 0.717) is 42.8 Å². The highest BCUT2D eigenvalue weighted by Crippen LogP contribution is 2.40. The van der Waals surface area contributed by atoms with Gasteiger partial charge >= 0.3 is 5.97 Å². The van der Waals surface area contributed by atoms with Crippen LogP contribution in [0.1, 0.15) is 32.1 Å². The van der Waals surface area contributed by atoms with Gasteiger partial charge in [0.2, 0.25) is 0 Å². The third kappa shape index (κ3) is 6.36. The van der Waals surface area contributed by atoms with E-state index >= 15 is 0 Å². The first-order chi connectivity index (χ1) is 18.4. The molecule has 1 N–H and O–H groups in total. The first kappa shape index (κ1) is 26.4. The molecule has 0 radical (unpaired) electrons. The number of aldehydes is 1. The Morgan fingerprint density at radius 3 is 2.55 bits per heavy atom. The molecule has 2 aromatic rings. The standard InChI is InChI=1S/C29H27NO8/c1-30(27(34)5-4-15-31)38-28(35)6-2-3-16-36-22-11-7-19(8-12-22)29-23-13-9-20(32)17-25(23)37-26-18-21(33)10-14-24(26)29/h7-15,17-18,32H,2-6,16H2,1H3. The Morgan fingerprint density at radius 2 is 1.79 bits per heavy atom. The van der Waals surface area contributed by atoms with Crippen LogP contribution in [0.15, 0.2) is 69.9 Å². The molecule has 0 unspecified atom stereocenters. The molecule has 1 heterocycles. The van der Waals surface area contributed by atoms with Crippen molar-refractivity contribution in [3.8, 4) is 33.9 Å². The van der Waals surface area contributed by atoms with E-state index in [2.05, 4.69) is 0 Å². The van der Waals surface area contributed by atoms with E-state index in [0.717, 1.165) is 27.1 Å². The molecule has 196 valence electrons. The van der Waals surface area contributed by atoms with Gasteiger partial charge in [0.1, 0.15) is 29.1 Å². The number of hydrogen-bond acceptors (Lipinski definition) is 8. The molecule has 0 bridgehead atoms. The first-order valence-corrected chi connectivity index (χ1v) is 12.2. The summed E-state index contributed by atoms with van der Waals surface area (Å²) in [6.07, 6.45) is 1.98. The molecule has 2 aromatic carbocycles. The summed E-state index contributed by atoms with van der Waals surface area (Å²) in [6.45, 7) is 0.391. The number of carbonyl (C=O) groups is 3. The van der Waals surface area contributed by atoms with E-state index in [4.69, 9.17) is 14.0 Å². The highest BCUT2D eigenvalue weighted by Gasteiger charge is 2.18. The summed E-state index contributed by atoms with van der Waals surface area (Å²) in [7, 11) is 1.35. The number of fused-ring (bicyclic) bond motifs is 2. The predicted octanol–water partition coefficient (Wildman–Crippen LogP) is 4.72. The number of nitrogens with zero attached hydrogens (tertiary/aromatic N) is 1. The lowest BCUT2D eigenvalue weighted by Gasteiger charge is -2.16. The molecule has 0 saturated carbocycles.